The minimum atomic E-state index is -0.173. The molecule has 1 rings (SSSR count). The Hall–Kier alpha value is -0.590. The number of hydrogen-bond acceptors (Lipinski definition) is 3. The Morgan fingerprint density at radius 2 is 2.17 bits per heavy atom. The average molecular weight is 169 g/mol. The number of hydrogen-bond donors (Lipinski definition) is 1. The molecule has 0 saturated carbocycles. The smallest absolute Gasteiger partial charge is 0.0697 e. The van der Waals surface area contributed by atoms with Crippen LogP contribution in [0.5, 0.6) is 0 Å². The topological polar surface area (TPSA) is 53.2 Å². The third kappa shape index (κ3) is 2.80. The van der Waals surface area contributed by atoms with Crippen molar-refractivity contribution in [1.29, 1.82) is 5.26 Å². The quantitative estimate of drug-likeness (QED) is 0.684. The van der Waals surface area contributed by atoms with Gasteiger partial charge in [-0.15, -0.1) is 0 Å². The van der Waals surface area contributed by atoms with Crippen molar-refractivity contribution in [2.24, 2.45) is 11.8 Å². The molecule has 1 aliphatic heterocycles. The molecule has 68 valence electrons. The van der Waals surface area contributed by atoms with Crippen LogP contribution in [0.2, 0.25) is 0 Å². The zero-order valence-electron chi connectivity index (χ0n) is 7.20. The van der Waals surface area contributed by atoms with Crippen LogP contribution >= 0.6 is 0 Å². The van der Waals surface area contributed by atoms with Gasteiger partial charge >= 0.3 is 0 Å². The molecular weight excluding hydrogens is 154 g/mol. The van der Waals surface area contributed by atoms with E-state index in [0.717, 1.165) is 32.5 Å². The molecule has 0 amide bonds. The fraction of sp³-hybridized carbons (Fsp3) is 0.889. The molecule has 12 heavy (non-hydrogen) atoms. The van der Waals surface area contributed by atoms with E-state index in [1.807, 2.05) is 0 Å². The standard InChI is InChI=1S/C9H15NO2/c10-6-9(7-11)5-8-1-3-12-4-2-8/h8-9,11H,1-5,7H2. The lowest BCUT2D eigenvalue weighted by Crippen LogP contribution is -2.19. The highest BCUT2D eigenvalue weighted by molar-refractivity contribution is 4.84. The van der Waals surface area contributed by atoms with Crippen LogP contribution in [-0.4, -0.2) is 24.9 Å². The summed E-state index contributed by atoms with van der Waals surface area (Å²) in [4.78, 5) is 0. The van der Waals surface area contributed by atoms with E-state index in [-0.39, 0.29) is 12.5 Å². The summed E-state index contributed by atoms with van der Waals surface area (Å²) < 4.78 is 5.20. The summed E-state index contributed by atoms with van der Waals surface area (Å²) >= 11 is 0. The van der Waals surface area contributed by atoms with Crippen molar-refractivity contribution in [3.8, 4) is 6.07 Å². The Labute approximate surface area is 73.0 Å². The molecule has 1 fully saturated rings. The second-order valence-electron chi connectivity index (χ2n) is 3.30. The van der Waals surface area contributed by atoms with Crippen molar-refractivity contribution in [2.45, 2.75) is 19.3 Å². The van der Waals surface area contributed by atoms with Crippen LogP contribution in [0.1, 0.15) is 19.3 Å². The lowest BCUT2D eigenvalue weighted by atomic mass is 9.90. The molecule has 1 saturated heterocycles. The van der Waals surface area contributed by atoms with Gasteiger partial charge in [-0.25, -0.2) is 0 Å². The van der Waals surface area contributed by atoms with Crippen LogP contribution in [0, 0.1) is 23.2 Å². The number of nitriles is 1. The molecule has 1 aliphatic rings. The predicted octanol–water partition coefficient (Wildman–Crippen LogP) is 0.935. The fourth-order valence-corrected chi connectivity index (χ4v) is 1.55. The van der Waals surface area contributed by atoms with Crippen LogP contribution in [0.4, 0.5) is 0 Å². The molecule has 1 heterocycles. The van der Waals surface area contributed by atoms with Crippen molar-refractivity contribution in [2.75, 3.05) is 19.8 Å². The molecule has 0 aromatic carbocycles. The Kier molecular flexibility index (Phi) is 4.06. The first-order chi connectivity index (χ1) is 5.86. The summed E-state index contributed by atoms with van der Waals surface area (Å²) in [5, 5.41) is 17.4. The van der Waals surface area contributed by atoms with E-state index in [2.05, 4.69) is 6.07 Å². The first-order valence-electron chi connectivity index (χ1n) is 4.45. The average Bonchev–Trinajstić information content (AvgIpc) is 2.16. The molecule has 3 nitrogen and oxygen atoms in total. The monoisotopic (exact) mass is 169 g/mol. The van der Waals surface area contributed by atoms with Gasteiger partial charge in [-0.05, 0) is 25.2 Å². The second-order valence-corrected chi connectivity index (χ2v) is 3.30. The summed E-state index contributed by atoms with van der Waals surface area (Å²) in [5.74, 6) is 0.406. The third-order valence-corrected chi connectivity index (χ3v) is 2.36. The van der Waals surface area contributed by atoms with Crippen molar-refractivity contribution in [1.82, 2.24) is 0 Å². The maximum atomic E-state index is 8.80. The van der Waals surface area contributed by atoms with E-state index in [1.165, 1.54) is 0 Å². The van der Waals surface area contributed by atoms with Gasteiger partial charge in [-0.1, -0.05) is 0 Å². The first-order valence-corrected chi connectivity index (χ1v) is 4.45. The van der Waals surface area contributed by atoms with E-state index in [4.69, 9.17) is 15.1 Å². The largest absolute Gasteiger partial charge is 0.395 e. The molecule has 1 atom stereocenters. The minimum absolute atomic E-state index is 0.00609. The van der Waals surface area contributed by atoms with Crippen molar-refractivity contribution in [3.63, 3.8) is 0 Å². The van der Waals surface area contributed by atoms with Gasteiger partial charge in [0.25, 0.3) is 0 Å². The van der Waals surface area contributed by atoms with Gasteiger partial charge in [0, 0.05) is 13.2 Å². The van der Waals surface area contributed by atoms with Gasteiger partial charge in [-0.2, -0.15) is 5.26 Å². The molecule has 1 unspecified atom stereocenters. The summed E-state index contributed by atoms with van der Waals surface area (Å²) in [7, 11) is 0. The highest BCUT2D eigenvalue weighted by Gasteiger charge is 2.18. The summed E-state index contributed by atoms with van der Waals surface area (Å²) in [6, 6.07) is 2.11. The highest BCUT2D eigenvalue weighted by Crippen LogP contribution is 2.22. The van der Waals surface area contributed by atoms with Crippen LogP contribution in [-0.2, 0) is 4.74 Å². The van der Waals surface area contributed by atoms with Gasteiger partial charge in [-0.3, -0.25) is 0 Å². The summed E-state index contributed by atoms with van der Waals surface area (Å²) in [6.45, 7) is 1.62. The highest BCUT2D eigenvalue weighted by atomic mass is 16.5. The zero-order chi connectivity index (χ0) is 8.81. The van der Waals surface area contributed by atoms with Gasteiger partial charge in [0.05, 0.1) is 18.6 Å². The molecule has 0 bridgehead atoms. The third-order valence-electron chi connectivity index (χ3n) is 2.36. The van der Waals surface area contributed by atoms with Crippen molar-refractivity contribution >= 4 is 0 Å². The van der Waals surface area contributed by atoms with E-state index in [9.17, 15) is 0 Å². The molecule has 0 spiro atoms. The van der Waals surface area contributed by atoms with Gasteiger partial charge in [0.1, 0.15) is 0 Å². The van der Waals surface area contributed by atoms with Crippen LogP contribution in [0.15, 0.2) is 0 Å². The van der Waals surface area contributed by atoms with E-state index in [1.54, 1.807) is 0 Å². The number of rotatable bonds is 3. The van der Waals surface area contributed by atoms with Gasteiger partial charge in [0.15, 0.2) is 0 Å². The Morgan fingerprint density at radius 3 is 2.67 bits per heavy atom. The Morgan fingerprint density at radius 1 is 1.50 bits per heavy atom. The van der Waals surface area contributed by atoms with E-state index < -0.39 is 0 Å². The second kappa shape index (κ2) is 5.13. The molecule has 3 heteroatoms. The lowest BCUT2D eigenvalue weighted by Gasteiger charge is -2.22. The van der Waals surface area contributed by atoms with Crippen LogP contribution in [0.3, 0.4) is 0 Å². The molecule has 0 aromatic rings. The Balaban J connectivity index is 2.24. The first kappa shape index (κ1) is 9.50. The molecule has 0 radical (unpaired) electrons. The normalized spacial score (nSPS) is 21.7. The van der Waals surface area contributed by atoms with Crippen molar-refractivity contribution < 1.29 is 9.84 Å². The maximum absolute atomic E-state index is 8.80. The number of aliphatic hydroxyl groups is 1. The minimum Gasteiger partial charge on any atom is -0.395 e. The predicted molar refractivity (Wildman–Crippen MR) is 44.3 cm³/mol. The molecule has 1 N–H and O–H groups in total. The van der Waals surface area contributed by atoms with Gasteiger partial charge in [0.2, 0.25) is 0 Å². The number of nitrogens with zero attached hydrogens (tertiary/aromatic N) is 1. The molecular formula is C9H15NO2. The number of aliphatic hydroxyl groups excluding tert-OH is 1. The zero-order valence-corrected chi connectivity index (χ0v) is 7.20. The fourth-order valence-electron chi connectivity index (χ4n) is 1.55. The summed E-state index contributed by atoms with van der Waals surface area (Å²) in [5.41, 5.74) is 0. The Bertz CT molecular complexity index is 158. The SMILES string of the molecule is N#CC(CO)CC1CCOCC1. The van der Waals surface area contributed by atoms with Gasteiger partial charge < -0.3 is 9.84 Å². The number of ether oxygens (including phenoxy) is 1. The lowest BCUT2D eigenvalue weighted by molar-refractivity contribution is 0.0578. The van der Waals surface area contributed by atoms with Crippen molar-refractivity contribution in [3.05, 3.63) is 0 Å². The maximum Gasteiger partial charge on any atom is 0.0697 e. The van der Waals surface area contributed by atoms with E-state index in [0.29, 0.717) is 5.92 Å². The molecule has 0 aliphatic carbocycles. The van der Waals surface area contributed by atoms with Crippen LogP contribution in [0.25, 0.3) is 0 Å². The molecule has 0 aromatic heterocycles. The van der Waals surface area contributed by atoms with Crippen LogP contribution < -0.4 is 0 Å². The van der Waals surface area contributed by atoms with E-state index >= 15 is 0 Å². The summed E-state index contributed by atoms with van der Waals surface area (Å²) in [6.07, 6.45) is 2.91.